The lowest BCUT2D eigenvalue weighted by Gasteiger charge is -2.03. The number of ketones is 1. The van der Waals surface area contributed by atoms with Crippen molar-refractivity contribution in [3.8, 4) is 0 Å². The monoisotopic (exact) mass is 211 g/mol. The van der Waals surface area contributed by atoms with Gasteiger partial charge in [0.05, 0.1) is 9.73 Å². The molecule has 0 fully saturated rings. The highest BCUT2D eigenvalue weighted by Crippen LogP contribution is 2.12. The predicted molar refractivity (Wildman–Crippen MR) is 57.1 cm³/mol. The number of hydrogen-bond acceptors (Lipinski definition) is 3. The molecule has 3 nitrogen and oxygen atoms in total. The van der Waals surface area contributed by atoms with Gasteiger partial charge in [-0.3, -0.25) is 4.79 Å². The van der Waals surface area contributed by atoms with Crippen LogP contribution in [-0.2, 0) is 9.73 Å². The zero-order valence-corrected chi connectivity index (χ0v) is 9.30. The van der Waals surface area contributed by atoms with Gasteiger partial charge >= 0.3 is 0 Å². The van der Waals surface area contributed by atoms with Gasteiger partial charge in [0.1, 0.15) is 0 Å². The molecule has 0 heterocycles. The normalized spacial score (nSPS) is 14.5. The summed E-state index contributed by atoms with van der Waals surface area (Å²) in [5.74, 6) is 0.00703. The Morgan fingerprint density at radius 3 is 2.14 bits per heavy atom. The van der Waals surface area contributed by atoms with Crippen molar-refractivity contribution in [1.29, 1.82) is 0 Å². The van der Waals surface area contributed by atoms with E-state index in [1.165, 1.54) is 14.0 Å². The summed E-state index contributed by atoms with van der Waals surface area (Å²) in [7, 11) is -0.748. The molecule has 0 aliphatic rings. The van der Waals surface area contributed by atoms with Crippen LogP contribution in [-0.4, -0.2) is 23.3 Å². The molecule has 14 heavy (non-hydrogen) atoms. The van der Waals surface area contributed by atoms with E-state index in [4.69, 9.17) is 0 Å². The summed E-state index contributed by atoms with van der Waals surface area (Å²) in [5, 5.41) is 0. The molecule has 76 valence electrons. The molecule has 0 aliphatic heterocycles. The van der Waals surface area contributed by atoms with Gasteiger partial charge in [0.25, 0.3) is 0 Å². The molecule has 4 heteroatoms. The zero-order chi connectivity index (χ0) is 10.8. The first-order valence-corrected chi connectivity index (χ1v) is 6.11. The molecule has 0 saturated carbocycles. The molecule has 1 rings (SSSR count). The van der Waals surface area contributed by atoms with Crippen LogP contribution in [0.2, 0.25) is 0 Å². The Hall–Kier alpha value is -1.16. The second-order valence-electron chi connectivity index (χ2n) is 3.07. The van der Waals surface area contributed by atoms with Crippen LogP contribution in [0.4, 0.5) is 0 Å². The number of carbonyl (C=O) groups is 1. The first kappa shape index (κ1) is 10.9. The van der Waals surface area contributed by atoms with E-state index in [2.05, 4.69) is 4.36 Å². The Labute approximate surface area is 84.3 Å². The van der Waals surface area contributed by atoms with E-state index in [1.807, 2.05) is 0 Å². The maximum atomic E-state index is 11.8. The minimum atomic E-state index is -2.28. The van der Waals surface area contributed by atoms with Crippen molar-refractivity contribution in [2.75, 3.05) is 13.3 Å². The molecule has 0 N–H and O–H groups in total. The number of carbonyl (C=O) groups excluding carboxylic acids is 1. The topological polar surface area (TPSA) is 46.5 Å². The van der Waals surface area contributed by atoms with Crippen molar-refractivity contribution in [2.45, 2.75) is 11.8 Å². The fourth-order valence-corrected chi connectivity index (χ4v) is 1.90. The minimum Gasteiger partial charge on any atom is -0.295 e. The van der Waals surface area contributed by atoms with Gasteiger partial charge in [0, 0.05) is 23.8 Å². The Kier molecular flexibility index (Phi) is 3.06. The number of Topliss-reactive ketones (excluding diaryl/α,β-unsaturated/α-hetero) is 1. The maximum Gasteiger partial charge on any atom is 0.159 e. The zero-order valence-electron chi connectivity index (χ0n) is 8.48. The lowest BCUT2D eigenvalue weighted by molar-refractivity contribution is 0.101. The van der Waals surface area contributed by atoms with Gasteiger partial charge in [-0.25, -0.2) is 8.57 Å². The highest BCUT2D eigenvalue weighted by Gasteiger charge is 2.05. The fraction of sp³-hybridized carbons (Fsp3) is 0.300. The SMILES string of the molecule is CN=S(C)(=O)c1ccc(C(C)=O)cc1. The van der Waals surface area contributed by atoms with Crippen LogP contribution < -0.4 is 0 Å². The summed E-state index contributed by atoms with van der Waals surface area (Å²) < 4.78 is 15.6. The van der Waals surface area contributed by atoms with Crippen molar-refractivity contribution >= 4 is 15.5 Å². The van der Waals surface area contributed by atoms with E-state index in [9.17, 15) is 9.00 Å². The van der Waals surface area contributed by atoms with Crippen molar-refractivity contribution in [3.63, 3.8) is 0 Å². The van der Waals surface area contributed by atoms with Gasteiger partial charge in [-0.15, -0.1) is 0 Å². The molecular formula is C10H13NO2S. The Morgan fingerprint density at radius 1 is 1.29 bits per heavy atom. The highest BCUT2D eigenvalue weighted by molar-refractivity contribution is 7.93. The van der Waals surface area contributed by atoms with Crippen LogP contribution in [0.1, 0.15) is 17.3 Å². The lowest BCUT2D eigenvalue weighted by Crippen LogP contribution is -1.98. The summed E-state index contributed by atoms with van der Waals surface area (Å²) >= 11 is 0. The Balaban J connectivity index is 3.19. The van der Waals surface area contributed by atoms with Crippen LogP contribution in [0.5, 0.6) is 0 Å². The fourth-order valence-electron chi connectivity index (χ4n) is 1.05. The number of benzene rings is 1. The quantitative estimate of drug-likeness (QED) is 0.702. The molecule has 1 unspecified atom stereocenters. The minimum absolute atomic E-state index is 0.00703. The average Bonchev–Trinajstić information content (AvgIpc) is 2.18. The number of hydrogen-bond donors (Lipinski definition) is 0. The molecule has 0 bridgehead atoms. The predicted octanol–water partition coefficient (Wildman–Crippen LogP) is 1.98. The first-order valence-electron chi connectivity index (χ1n) is 4.18. The van der Waals surface area contributed by atoms with Crippen molar-refractivity contribution < 1.29 is 9.00 Å². The Morgan fingerprint density at radius 2 is 1.79 bits per heavy atom. The van der Waals surface area contributed by atoms with Gasteiger partial charge in [0.2, 0.25) is 0 Å². The average molecular weight is 211 g/mol. The van der Waals surface area contributed by atoms with Gasteiger partial charge < -0.3 is 0 Å². The molecule has 0 aliphatic carbocycles. The van der Waals surface area contributed by atoms with E-state index in [0.29, 0.717) is 10.5 Å². The standard InChI is InChI=1S/C10H13NO2S/c1-8(12)9-4-6-10(7-5-9)14(3,13)11-2/h4-7H,1-3H3. The number of rotatable bonds is 2. The molecule has 1 atom stereocenters. The second-order valence-corrected chi connectivity index (χ2v) is 5.51. The smallest absolute Gasteiger partial charge is 0.159 e. The number of nitrogens with zero attached hydrogens (tertiary/aromatic N) is 1. The first-order chi connectivity index (χ1) is 6.47. The molecule has 0 amide bonds. The summed E-state index contributed by atoms with van der Waals surface area (Å²) in [6, 6.07) is 6.72. The third kappa shape index (κ3) is 2.20. The van der Waals surface area contributed by atoms with E-state index < -0.39 is 9.73 Å². The Bertz CT molecular complexity index is 454. The van der Waals surface area contributed by atoms with Gasteiger partial charge in [-0.1, -0.05) is 12.1 Å². The van der Waals surface area contributed by atoms with Crippen LogP contribution in [0.15, 0.2) is 33.5 Å². The summed E-state index contributed by atoms with van der Waals surface area (Å²) in [6.07, 6.45) is 1.58. The van der Waals surface area contributed by atoms with Gasteiger partial charge in [-0.2, -0.15) is 0 Å². The molecule has 1 aromatic carbocycles. The van der Waals surface area contributed by atoms with Crippen molar-refractivity contribution in [2.24, 2.45) is 4.36 Å². The van der Waals surface area contributed by atoms with Crippen LogP contribution in [0, 0.1) is 0 Å². The van der Waals surface area contributed by atoms with Crippen molar-refractivity contribution in [3.05, 3.63) is 29.8 Å². The molecule has 1 aromatic rings. The highest BCUT2D eigenvalue weighted by atomic mass is 32.2. The van der Waals surface area contributed by atoms with Gasteiger partial charge in [0.15, 0.2) is 5.78 Å². The lowest BCUT2D eigenvalue weighted by atomic mass is 10.2. The van der Waals surface area contributed by atoms with E-state index in [1.54, 1.807) is 30.5 Å². The summed E-state index contributed by atoms with van der Waals surface area (Å²) in [4.78, 5) is 11.6. The largest absolute Gasteiger partial charge is 0.295 e. The van der Waals surface area contributed by atoms with Gasteiger partial charge in [-0.05, 0) is 19.1 Å². The van der Waals surface area contributed by atoms with Crippen LogP contribution in [0.3, 0.4) is 0 Å². The molecule has 0 saturated heterocycles. The molecule has 0 radical (unpaired) electrons. The maximum absolute atomic E-state index is 11.8. The van der Waals surface area contributed by atoms with E-state index >= 15 is 0 Å². The molecule has 0 spiro atoms. The molecule has 0 aromatic heterocycles. The summed E-state index contributed by atoms with van der Waals surface area (Å²) in [5.41, 5.74) is 0.625. The van der Waals surface area contributed by atoms with Crippen molar-refractivity contribution in [1.82, 2.24) is 0 Å². The van der Waals surface area contributed by atoms with Crippen LogP contribution in [0.25, 0.3) is 0 Å². The third-order valence-electron chi connectivity index (χ3n) is 2.05. The third-order valence-corrected chi connectivity index (χ3v) is 3.89. The molecular weight excluding hydrogens is 198 g/mol. The second kappa shape index (κ2) is 3.92. The van der Waals surface area contributed by atoms with E-state index in [0.717, 1.165) is 0 Å². The van der Waals surface area contributed by atoms with Crippen LogP contribution >= 0.6 is 0 Å². The summed E-state index contributed by atoms with van der Waals surface area (Å²) in [6.45, 7) is 1.50. The van der Waals surface area contributed by atoms with E-state index in [-0.39, 0.29) is 5.78 Å².